The molecule has 0 aliphatic carbocycles. The van der Waals surface area contributed by atoms with Crippen molar-refractivity contribution in [1.29, 1.82) is 0 Å². The van der Waals surface area contributed by atoms with Crippen LogP contribution in [0.1, 0.15) is 59.3 Å². The molecule has 1 rings (SSSR count). The van der Waals surface area contributed by atoms with Crippen LogP contribution in [0.5, 0.6) is 0 Å². The van der Waals surface area contributed by atoms with Crippen LogP contribution in [0.4, 0.5) is 0 Å². The lowest BCUT2D eigenvalue weighted by atomic mass is 9.96. The zero-order valence-electron chi connectivity index (χ0n) is 10.6. The van der Waals surface area contributed by atoms with Gasteiger partial charge in [-0.2, -0.15) is 0 Å². The molecule has 0 aromatic carbocycles. The smallest absolute Gasteiger partial charge is 0.0599 e. The number of hydrogen-bond acceptors (Lipinski definition) is 2. The van der Waals surface area contributed by atoms with Crippen molar-refractivity contribution >= 4 is 0 Å². The molecule has 0 spiro atoms. The van der Waals surface area contributed by atoms with Crippen molar-refractivity contribution in [3.05, 3.63) is 0 Å². The van der Waals surface area contributed by atoms with Crippen molar-refractivity contribution in [2.24, 2.45) is 0 Å². The van der Waals surface area contributed by atoms with Gasteiger partial charge < -0.3 is 5.11 Å². The fourth-order valence-corrected chi connectivity index (χ4v) is 2.38. The summed E-state index contributed by atoms with van der Waals surface area (Å²) in [6.07, 6.45) is 8.06. The van der Waals surface area contributed by atoms with Crippen LogP contribution in [0.15, 0.2) is 0 Å². The van der Waals surface area contributed by atoms with Crippen molar-refractivity contribution in [1.82, 2.24) is 4.90 Å². The molecule has 1 heterocycles. The maximum atomic E-state index is 9.04. The van der Waals surface area contributed by atoms with Crippen LogP contribution >= 0.6 is 0 Å². The summed E-state index contributed by atoms with van der Waals surface area (Å²) in [5, 5.41) is 9.04. The molecular weight excluding hydrogens is 186 g/mol. The quantitative estimate of drug-likeness (QED) is 0.495. The lowest BCUT2D eigenvalue weighted by molar-refractivity contribution is 0.197. The minimum atomic E-state index is 0.305. The van der Waals surface area contributed by atoms with Crippen molar-refractivity contribution in [2.75, 3.05) is 13.2 Å². The molecule has 0 aromatic heterocycles. The monoisotopic (exact) mass is 213 g/mol. The van der Waals surface area contributed by atoms with Crippen LogP contribution in [-0.4, -0.2) is 34.7 Å². The van der Waals surface area contributed by atoms with Crippen molar-refractivity contribution < 1.29 is 5.11 Å². The van der Waals surface area contributed by atoms with E-state index in [2.05, 4.69) is 25.7 Å². The average Bonchev–Trinajstić information content (AvgIpc) is 2.97. The van der Waals surface area contributed by atoms with Gasteiger partial charge in [-0.15, -0.1) is 0 Å². The summed E-state index contributed by atoms with van der Waals surface area (Å²) in [5.41, 5.74) is 0.305. The molecule has 0 saturated carbocycles. The minimum Gasteiger partial charge on any atom is -0.395 e. The molecule has 0 radical (unpaired) electrons. The SMILES string of the molecule is CCCCCCCC(C)(C)N1CC1CO. The summed E-state index contributed by atoms with van der Waals surface area (Å²) in [6, 6.07) is 0.454. The van der Waals surface area contributed by atoms with E-state index in [1.807, 2.05) is 0 Å². The zero-order chi connectivity index (χ0) is 11.3. The van der Waals surface area contributed by atoms with Crippen LogP contribution in [0.2, 0.25) is 0 Å². The van der Waals surface area contributed by atoms with Gasteiger partial charge in [0.25, 0.3) is 0 Å². The second-order valence-electron chi connectivity index (χ2n) is 5.47. The van der Waals surface area contributed by atoms with E-state index in [0.717, 1.165) is 6.54 Å². The molecule has 2 atom stereocenters. The Kier molecular flexibility index (Phi) is 5.07. The third kappa shape index (κ3) is 4.12. The molecule has 0 bridgehead atoms. The highest BCUT2D eigenvalue weighted by molar-refractivity contribution is 4.98. The predicted molar refractivity (Wildman–Crippen MR) is 65.0 cm³/mol. The highest BCUT2D eigenvalue weighted by atomic mass is 16.3. The third-order valence-electron chi connectivity index (χ3n) is 3.60. The van der Waals surface area contributed by atoms with E-state index in [9.17, 15) is 0 Å². The van der Waals surface area contributed by atoms with E-state index < -0.39 is 0 Å². The van der Waals surface area contributed by atoms with Crippen molar-refractivity contribution in [3.8, 4) is 0 Å². The number of unbranched alkanes of at least 4 members (excludes halogenated alkanes) is 4. The Balaban J connectivity index is 2.09. The molecule has 1 aliphatic rings. The van der Waals surface area contributed by atoms with Crippen LogP contribution < -0.4 is 0 Å². The Morgan fingerprint density at radius 2 is 1.87 bits per heavy atom. The second kappa shape index (κ2) is 5.86. The number of hydrogen-bond donors (Lipinski definition) is 1. The standard InChI is InChI=1S/C13H27NO/c1-4-5-6-7-8-9-13(2,3)14-10-12(14)11-15/h12,15H,4-11H2,1-3H3. The summed E-state index contributed by atoms with van der Waals surface area (Å²) in [5.74, 6) is 0. The molecule has 2 unspecified atom stereocenters. The first-order chi connectivity index (χ1) is 7.11. The van der Waals surface area contributed by atoms with E-state index in [4.69, 9.17) is 5.11 Å². The van der Waals surface area contributed by atoms with Crippen LogP contribution in [0, 0.1) is 0 Å². The number of aliphatic hydroxyl groups excluding tert-OH is 1. The Morgan fingerprint density at radius 3 is 2.40 bits per heavy atom. The van der Waals surface area contributed by atoms with E-state index in [-0.39, 0.29) is 0 Å². The molecular formula is C13H27NO. The van der Waals surface area contributed by atoms with E-state index in [1.54, 1.807) is 0 Å². The van der Waals surface area contributed by atoms with Crippen LogP contribution in [-0.2, 0) is 0 Å². The fourth-order valence-electron chi connectivity index (χ4n) is 2.38. The Labute approximate surface area is 94.7 Å². The van der Waals surface area contributed by atoms with Gasteiger partial charge in [0.15, 0.2) is 0 Å². The highest BCUT2D eigenvalue weighted by Gasteiger charge is 2.43. The maximum absolute atomic E-state index is 9.04. The molecule has 1 saturated heterocycles. The fraction of sp³-hybridized carbons (Fsp3) is 1.00. The predicted octanol–water partition coefficient (Wildman–Crippen LogP) is 2.80. The van der Waals surface area contributed by atoms with Crippen molar-refractivity contribution in [3.63, 3.8) is 0 Å². The Hall–Kier alpha value is -0.0800. The normalized spacial score (nSPS) is 25.6. The Morgan fingerprint density at radius 1 is 1.20 bits per heavy atom. The lowest BCUT2D eigenvalue weighted by Crippen LogP contribution is -2.32. The molecule has 90 valence electrons. The van der Waals surface area contributed by atoms with E-state index >= 15 is 0 Å². The third-order valence-corrected chi connectivity index (χ3v) is 3.60. The number of nitrogens with zero attached hydrogens (tertiary/aromatic N) is 1. The molecule has 0 amide bonds. The van der Waals surface area contributed by atoms with Gasteiger partial charge >= 0.3 is 0 Å². The largest absolute Gasteiger partial charge is 0.395 e. The molecule has 1 N–H and O–H groups in total. The summed E-state index contributed by atoms with van der Waals surface area (Å²) in [6.45, 7) is 8.30. The first-order valence-corrected chi connectivity index (χ1v) is 6.49. The summed E-state index contributed by atoms with van der Waals surface area (Å²) in [7, 11) is 0. The van der Waals surface area contributed by atoms with Gasteiger partial charge in [0, 0.05) is 18.1 Å². The van der Waals surface area contributed by atoms with Crippen LogP contribution in [0.3, 0.4) is 0 Å². The molecule has 15 heavy (non-hydrogen) atoms. The molecule has 2 nitrogen and oxygen atoms in total. The number of aliphatic hydroxyl groups is 1. The lowest BCUT2D eigenvalue weighted by Gasteiger charge is -2.27. The van der Waals surface area contributed by atoms with Gasteiger partial charge in [0.05, 0.1) is 6.61 Å². The molecule has 2 heteroatoms. The van der Waals surface area contributed by atoms with Gasteiger partial charge in [0.1, 0.15) is 0 Å². The van der Waals surface area contributed by atoms with E-state index in [1.165, 1.54) is 38.5 Å². The highest BCUT2D eigenvalue weighted by Crippen LogP contribution is 2.32. The van der Waals surface area contributed by atoms with Gasteiger partial charge in [0.2, 0.25) is 0 Å². The average molecular weight is 213 g/mol. The minimum absolute atomic E-state index is 0.305. The first kappa shape index (κ1) is 13.0. The van der Waals surface area contributed by atoms with Crippen molar-refractivity contribution in [2.45, 2.75) is 70.9 Å². The van der Waals surface area contributed by atoms with Gasteiger partial charge in [-0.25, -0.2) is 0 Å². The maximum Gasteiger partial charge on any atom is 0.0599 e. The molecule has 1 fully saturated rings. The summed E-state index contributed by atoms with van der Waals surface area (Å²) < 4.78 is 0. The van der Waals surface area contributed by atoms with Gasteiger partial charge in [-0.1, -0.05) is 39.0 Å². The Bertz CT molecular complexity index is 179. The van der Waals surface area contributed by atoms with Gasteiger partial charge in [-0.05, 0) is 20.3 Å². The topological polar surface area (TPSA) is 23.2 Å². The second-order valence-corrected chi connectivity index (χ2v) is 5.47. The van der Waals surface area contributed by atoms with Gasteiger partial charge in [-0.3, -0.25) is 4.90 Å². The first-order valence-electron chi connectivity index (χ1n) is 6.49. The zero-order valence-corrected chi connectivity index (χ0v) is 10.6. The summed E-state index contributed by atoms with van der Waals surface area (Å²) >= 11 is 0. The molecule has 0 aromatic rings. The molecule has 1 aliphatic heterocycles. The number of rotatable bonds is 8. The van der Waals surface area contributed by atoms with E-state index in [0.29, 0.717) is 18.2 Å². The summed E-state index contributed by atoms with van der Waals surface area (Å²) in [4.78, 5) is 2.42. The van der Waals surface area contributed by atoms with Crippen LogP contribution in [0.25, 0.3) is 0 Å².